The van der Waals surface area contributed by atoms with Gasteiger partial charge in [-0.25, -0.2) is 4.79 Å². The summed E-state index contributed by atoms with van der Waals surface area (Å²) in [6, 6.07) is 0. The maximum atomic E-state index is 11.7. The van der Waals surface area contributed by atoms with Crippen LogP contribution in [0.15, 0.2) is 26.1 Å². The van der Waals surface area contributed by atoms with E-state index in [1.165, 1.54) is 13.1 Å². The monoisotopic (exact) mass is 284 g/mol. The van der Waals surface area contributed by atoms with Crippen molar-refractivity contribution < 1.29 is 15.2 Å². The largest absolute Gasteiger partial charge is 0.411 e. The van der Waals surface area contributed by atoms with Crippen molar-refractivity contribution in [3.8, 4) is 0 Å². The highest BCUT2D eigenvalue weighted by Crippen LogP contribution is 2.08. The van der Waals surface area contributed by atoms with Crippen molar-refractivity contribution in [2.75, 3.05) is 0 Å². The molecule has 0 saturated carbocycles. The summed E-state index contributed by atoms with van der Waals surface area (Å²) in [4.78, 5) is 25.2. The zero-order chi connectivity index (χ0) is 15.1. The van der Waals surface area contributed by atoms with Gasteiger partial charge < -0.3 is 15.2 Å². The molecule has 0 saturated heterocycles. The molecule has 0 aliphatic heterocycles. The lowest BCUT2D eigenvalue weighted by molar-refractivity contribution is 0.0201. The molecule has 110 valence electrons. The van der Waals surface area contributed by atoms with Gasteiger partial charge in [0.15, 0.2) is 6.23 Å². The second kappa shape index (κ2) is 7.24. The van der Waals surface area contributed by atoms with Crippen LogP contribution in [0.1, 0.15) is 25.1 Å². The average molecular weight is 284 g/mol. The second-order valence-corrected chi connectivity index (χ2v) is 3.98. The van der Waals surface area contributed by atoms with Gasteiger partial charge in [0.25, 0.3) is 5.56 Å². The molecule has 9 nitrogen and oxygen atoms in total. The normalized spacial score (nSPS) is 14.9. The topological polar surface area (TPSA) is 129 Å². The first kappa shape index (κ1) is 15.6. The van der Waals surface area contributed by atoms with E-state index in [9.17, 15) is 9.59 Å². The minimum Gasteiger partial charge on any atom is -0.411 e. The van der Waals surface area contributed by atoms with E-state index >= 15 is 0 Å². The first-order valence-electron chi connectivity index (χ1n) is 5.86. The van der Waals surface area contributed by atoms with Crippen LogP contribution in [0.3, 0.4) is 0 Å². The van der Waals surface area contributed by atoms with Gasteiger partial charge in [-0.05, 0) is 13.3 Å². The van der Waals surface area contributed by atoms with E-state index in [1.54, 1.807) is 6.92 Å². The number of hydrogen-bond acceptors (Lipinski definition) is 7. The number of aromatic nitrogens is 2. The minimum absolute atomic E-state index is 0.299. The molecule has 0 amide bonds. The van der Waals surface area contributed by atoms with Crippen LogP contribution in [0.5, 0.6) is 0 Å². The number of oxime groups is 2. The number of hydrogen-bond donors (Lipinski definition) is 3. The number of ether oxygens (including phenoxy) is 1. The van der Waals surface area contributed by atoms with E-state index in [-0.39, 0.29) is 0 Å². The second-order valence-electron chi connectivity index (χ2n) is 3.98. The quantitative estimate of drug-likeness (QED) is 0.386. The van der Waals surface area contributed by atoms with Crippen LogP contribution in [0.4, 0.5) is 0 Å². The third-order valence-electron chi connectivity index (χ3n) is 2.56. The van der Waals surface area contributed by atoms with Gasteiger partial charge in [0, 0.05) is 11.8 Å². The van der Waals surface area contributed by atoms with Crippen molar-refractivity contribution >= 4 is 12.4 Å². The first-order chi connectivity index (χ1) is 9.53. The lowest BCUT2D eigenvalue weighted by atomic mass is 10.3. The Morgan fingerprint density at radius 3 is 2.60 bits per heavy atom. The zero-order valence-electron chi connectivity index (χ0n) is 11.1. The summed E-state index contributed by atoms with van der Waals surface area (Å²) in [6.45, 7) is 3.30. The van der Waals surface area contributed by atoms with Crippen LogP contribution in [0.2, 0.25) is 0 Å². The zero-order valence-corrected chi connectivity index (χ0v) is 11.1. The van der Waals surface area contributed by atoms with Gasteiger partial charge in [0.1, 0.15) is 0 Å². The molecular formula is C11H16N4O5. The highest BCUT2D eigenvalue weighted by Gasteiger charge is 2.17. The molecular weight excluding hydrogens is 268 g/mol. The molecule has 20 heavy (non-hydrogen) atoms. The average Bonchev–Trinajstić information content (AvgIpc) is 2.41. The third-order valence-corrected chi connectivity index (χ3v) is 2.56. The maximum absolute atomic E-state index is 11.7. The molecule has 0 spiro atoms. The van der Waals surface area contributed by atoms with Crippen molar-refractivity contribution in [2.24, 2.45) is 10.3 Å². The lowest BCUT2D eigenvalue weighted by Crippen LogP contribution is -2.36. The fourth-order valence-electron chi connectivity index (χ4n) is 1.49. The van der Waals surface area contributed by atoms with Crippen LogP contribution in [0, 0.1) is 6.92 Å². The molecule has 0 aliphatic carbocycles. The summed E-state index contributed by atoms with van der Waals surface area (Å²) in [6.07, 6.45) is 2.23. The van der Waals surface area contributed by atoms with Gasteiger partial charge in [0.05, 0.1) is 18.5 Å². The Labute approximate surface area is 113 Å². The van der Waals surface area contributed by atoms with Crippen molar-refractivity contribution in [3.63, 3.8) is 0 Å². The molecule has 0 aromatic carbocycles. The molecule has 0 aliphatic rings. The minimum atomic E-state index is -1.05. The SMILES string of the molecule is CC[C@H](/C=N/O)O[C@H](/C=N/O)n1cc(C)c(=O)[nH]c1=O. The van der Waals surface area contributed by atoms with Crippen molar-refractivity contribution in [3.05, 3.63) is 32.6 Å². The number of aromatic amines is 1. The fraction of sp³-hybridized carbons (Fsp3) is 0.455. The Hall–Kier alpha value is -2.42. The molecule has 3 N–H and O–H groups in total. The van der Waals surface area contributed by atoms with Crippen molar-refractivity contribution in [2.45, 2.75) is 32.6 Å². The van der Waals surface area contributed by atoms with Crippen molar-refractivity contribution in [1.29, 1.82) is 0 Å². The number of H-pyrrole nitrogens is 1. The molecule has 2 atom stereocenters. The van der Waals surface area contributed by atoms with E-state index in [0.717, 1.165) is 17.0 Å². The molecule has 9 heteroatoms. The molecule has 0 unspecified atom stereocenters. The molecule has 1 rings (SSSR count). The van der Waals surface area contributed by atoms with Gasteiger partial charge in [-0.15, -0.1) is 0 Å². The summed E-state index contributed by atoms with van der Waals surface area (Å²) >= 11 is 0. The summed E-state index contributed by atoms with van der Waals surface area (Å²) in [7, 11) is 0. The molecule has 1 aromatic rings. The van der Waals surface area contributed by atoms with E-state index in [4.69, 9.17) is 15.2 Å². The molecule has 1 heterocycles. The van der Waals surface area contributed by atoms with Gasteiger partial charge in [-0.2, -0.15) is 0 Å². The van der Waals surface area contributed by atoms with Crippen LogP contribution in [-0.2, 0) is 4.74 Å². The van der Waals surface area contributed by atoms with E-state index in [1.807, 2.05) is 0 Å². The molecule has 1 aromatic heterocycles. The number of nitrogens with zero attached hydrogens (tertiary/aromatic N) is 3. The first-order valence-corrected chi connectivity index (χ1v) is 5.86. The Morgan fingerprint density at radius 2 is 2.05 bits per heavy atom. The fourth-order valence-corrected chi connectivity index (χ4v) is 1.49. The number of rotatable bonds is 6. The third kappa shape index (κ3) is 3.79. The predicted octanol–water partition coefficient (Wildman–Crippen LogP) is 0.0588. The van der Waals surface area contributed by atoms with Crippen molar-refractivity contribution in [1.82, 2.24) is 9.55 Å². The predicted molar refractivity (Wildman–Crippen MR) is 70.8 cm³/mol. The lowest BCUT2D eigenvalue weighted by Gasteiger charge is -2.19. The van der Waals surface area contributed by atoms with Crippen LogP contribution in [0.25, 0.3) is 0 Å². The summed E-state index contributed by atoms with van der Waals surface area (Å²) in [5.74, 6) is 0. The maximum Gasteiger partial charge on any atom is 0.330 e. The number of nitrogens with one attached hydrogen (secondary N) is 1. The number of aryl methyl sites for hydroxylation is 1. The van der Waals surface area contributed by atoms with Gasteiger partial charge in [-0.1, -0.05) is 17.2 Å². The van der Waals surface area contributed by atoms with E-state index < -0.39 is 23.6 Å². The van der Waals surface area contributed by atoms with Gasteiger partial charge in [0.2, 0.25) is 0 Å². The van der Waals surface area contributed by atoms with Crippen LogP contribution < -0.4 is 11.2 Å². The van der Waals surface area contributed by atoms with E-state index in [2.05, 4.69) is 15.3 Å². The Morgan fingerprint density at radius 1 is 1.40 bits per heavy atom. The molecule has 0 radical (unpaired) electrons. The highest BCUT2D eigenvalue weighted by molar-refractivity contribution is 5.64. The summed E-state index contributed by atoms with van der Waals surface area (Å²) < 4.78 is 6.52. The summed E-state index contributed by atoms with van der Waals surface area (Å²) in [5.41, 5.74) is -0.912. The van der Waals surface area contributed by atoms with E-state index in [0.29, 0.717) is 12.0 Å². The van der Waals surface area contributed by atoms with Gasteiger partial charge in [-0.3, -0.25) is 14.3 Å². The smallest absolute Gasteiger partial charge is 0.330 e. The molecule has 0 bridgehead atoms. The Kier molecular flexibility index (Phi) is 5.66. The summed E-state index contributed by atoms with van der Waals surface area (Å²) in [5, 5.41) is 22.9. The Balaban J connectivity index is 3.17. The van der Waals surface area contributed by atoms with Crippen LogP contribution >= 0.6 is 0 Å². The standard InChI is InChI=1S/C11H16N4O5/c1-3-8(4-12-18)20-9(5-13-19)15-6-7(2)10(16)14-11(15)17/h4-6,8-9,18-19H,3H2,1-2H3,(H,14,16,17)/b12-4+,13-5+/t8-,9-/m1/s1. The Bertz CT molecular complexity index is 604. The van der Waals surface area contributed by atoms with Gasteiger partial charge >= 0.3 is 5.69 Å². The van der Waals surface area contributed by atoms with Crippen LogP contribution in [-0.4, -0.2) is 38.5 Å². The molecule has 0 fully saturated rings. The highest BCUT2D eigenvalue weighted by atomic mass is 16.5.